The highest BCUT2D eigenvalue weighted by Gasteiger charge is 2.11. The number of fused-ring (bicyclic) bond motifs is 1. The van der Waals surface area contributed by atoms with Gasteiger partial charge in [-0.2, -0.15) is 0 Å². The third-order valence-corrected chi connectivity index (χ3v) is 3.73. The zero-order chi connectivity index (χ0) is 15.0. The van der Waals surface area contributed by atoms with E-state index >= 15 is 0 Å². The molecule has 3 rings (SSSR count). The van der Waals surface area contributed by atoms with E-state index in [1.807, 2.05) is 6.07 Å². The summed E-state index contributed by atoms with van der Waals surface area (Å²) in [4.78, 5) is 7.45. The average molecular weight is 282 g/mol. The molecule has 0 atom stereocenters. The van der Waals surface area contributed by atoms with Crippen LogP contribution in [0.4, 0.5) is 17.1 Å². The minimum Gasteiger partial charge on any atom is -0.494 e. The van der Waals surface area contributed by atoms with Gasteiger partial charge in [-0.15, -0.1) is 0 Å². The number of hydrogen-bond acceptors (Lipinski definition) is 4. The van der Waals surface area contributed by atoms with E-state index in [2.05, 4.69) is 35.2 Å². The number of nitrogens with one attached hydrogen (secondary N) is 2. The molecule has 0 unspecified atom stereocenters. The number of methoxy groups -OCH3 is 1. The van der Waals surface area contributed by atoms with Crippen LogP contribution in [0.15, 0.2) is 30.6 Å². The van der Waals surface area contributed by atoms with Crippen molar-refractivity contribution in [2.24, 2.45) is 0 Å². The van der Waals surface area contributed by atoms with Gasteiger partial charge >= 0.3 is 0 Å². The zero-order valence-corrected chi connectivity index (χ0v) is 12.3. The number of nitrogen functional groups attached to an aromatic ring is 1. The smallest absolute Gasteiger partial charge is 0.144 e. The third-order valence-electron chi connectivity index (χ3n) is 3.73. The fraction of sp³-hybridized carbons (Fsp3) is 0.188. The molecule has 4 N–H and O–H groups in total. The van der Waals surface area contributed by atoms with Crippen LogP contribution in [0.2, 0.25) is 0 Å². The summed E-state index contributed by atoms with van der Waals surface area (Å²) in [5, 5.41) is 4.43. The summed E-state index contributed by atoms with van der Waals surface area (Å²) in [6.07, 6.45) is 3.38. The first-order chi connectivity index (χ1) is 10.1. The van der Waals surface area contributed by atoms with Gasteiger partial charge in [0.25, 0.3) is 0 Å². The van der Waals surface area contributed by atoms with E-state index < -0.39 is 0 Å². The molecule has 108 valence electrons. The first kappa shape index (κ1) is 13.3. The number of H-pyrrole nitrogens is 1. The van der Waals surface area contributed by atoms with Crippen molar-refractivity contribution in [2.45, 2.75) is 13.8 Å². The van der Waals surface area contributed by atoms with E-state index in [0.717, 1.165) is 33.7 Å². The molecule has 0 amide bonds. The van der Waals surface area contributed by atoms with Gasteiger partial charge in [0.1, 0.15) is 5.75 Å². The fourth-order valence-electron chi connectivity index (χ4n) is 2.42. The van der Waals surface area contributed by atoms with Crippen molar-refractivity contribution in [2.75, 3.05) is 18.2 Å². The second-order valence-corrected chi connectivity index (χ2v) is 5.06. The van der Waals surface area contributed by atoms with Crippen molar-refractivity contribution >= 4 is 28.0 Å². The Balaban J connectivity index is 2.11. The Morgan fingerprint density at radius 2 is 2.10 bits per heavy atom. The number of ether oxygens (including phenoxy) is 1. The van der Waals surface area contributed by atoms with Gasteiger partial charge in [-0.25, -0.2) is 0 Å². The Bertz CT molecular complexity index is 807. The van der Waals surface area contributed by atoms with E-state index in [9.17, 15) is 0 Å². The number of anilines is 3. The van der Waals surface area contributed by atoms with Crippen LogP contribution in [0.1, 0.15) is 11.3 Å². The predicted molar refractivity (Wildman–Crippen MR) is 86.3 cm³/mol. The second kappa shape index (κ2) is 5.01. The monoisotopic (exact) mass is 282 g/mol. The molecule has 5 heteroatoms. The maximum absolute atomic E-state index is 5.95. The molecule has 2 aromatic heterocycles. The Hall–Kier alpha value is -2.69. The molecule has 21 heavy (non-hydrogen) atoms. The number of nitrogens with zero attached hydrogens (tertiary/aromatic N) is 1. The van der Waals surface area contributed by atoms with E-state index in [1.54, 1.807) is 25.6 Å². The molecule has 1 aromatic carbocycles. The Labute approximate surface area is 123 Å². The number of benzene rings is 1. The van der Waals surface area contributed by atoms with Crippen molar-refractivity contribution < 1.29 is 4.74 Å². The van der Waals surface area contributed by atoms with Gasteiger partial charge in [0, 0.05) is 29.0 Å². The highest BCUT2D eigenvalue weighted by molar-refractivity contribution is 5.93. The highest BCUT2D eigenvalue weighted by Crippen LogP contribution is 2.34. The number of aromatic amines is 1. The summed E-state index contributed by atoms with van der Waals surface area (Å²) in [7, 11) is 1.67. The molecular weight excluding hydrogens is 264 g/mol. The van der Waals surface area contributed by atoms with Gasteiger partial charge in [-0.1, -0.05) is 0 Å². The molecule has 0 aliphatic heterocycles. The minimum atomic E-state index is 0.658. The van der Waals surface area contributed by atoms with Gasteiger partial charge in [0.2, 0.25) is 0 Å². The Morgan fingerprint density at radius 1 is 1.29 bits per heavy atom. The Kier molecular flexibility index (Phi) is 3.17. The van der Waals surface area contributed by atoms with Gasteiger partial charge in [0.15, 0.2) is 0 Å². The molecular formula is C16H18N4O. The van der Waals surface area contributed by atoms with Crippen LogP contribution in [0, 0.1) is 13.8 Å². The maximum atomic E-state index is 5.95. The quantitative estimate of drug-likeness (QED) is 0.687. The number of hydrogen-bond donors (Lipinski definition) is 3. The van der Waals surface area contributed by atoms with Crippen LogP contribution in [-0.2, 0) is 0 Å². The number of rotatable bonds is 3. The SMILES string of the molecule is COc1cc(Nc2cnccc2N)cc2c(C)c(C)[nH]c12. The molecule has 0 aliphatic rings. The molecule has 5 nitrogen and oxygen atoms in total. The van der Waals surface area contributed by atoms with Crippen molar-refractivity contribution in [3.8, 4) is 5.75 Å². The van der Waals surface area contributed by atoms with Crippen molar-refractivity contribution in [3.63, 3.8) is 0 Å². The molecule has 0 saturated carbocycles. The van der Waals surface area contributed by atoms with Crippen LogP contribution >= 0.6 is 0 Å². The second-order valence-electron chi connectivity index (χ2n) is 5.06. The lowest BCUT2D eigenvalue weighted by Gasteiger charge is -2.11. The summed E-state index contributed by atoms with van der Waals surface area (Å²) in [5.41, 5.74) is 11.7. The van der Waals surface area contributed by atoms with Crippen LogP contribution in [0.3, 0.4) is 0 Å². The van der Waals surface area contributed by atoms with Gasteiger partial charge in [-0.3, -0.25) is 4.98 Å². The summed E-state index contributed by atoms with van der Waals surface area (Å²) in [5.74, 6) is 0.800. The molecule has 0 spiro atoms. The fourth-order valence-corrected chi connectivity index (χ4v) is 2.42. The first-order valence-corrected chi connectivity index (χ1v) is 6.73. The van der Waals surface area contributed by atoms with Crippen LogP contribution in [0.5, 0.6) is 5.75 Å². The normalized spacial score (nSPS) is 10.8. The highest BCUT2D eigenvalue weighted by atomic mass is 16.5. The molecule has 3 aromatic rings. The van der Waals surface area contributed by atoms with Crippen LogP contribution in [-0.4, -0.2) is 17.1 Å². The molecule has 0 radical (unpaired) electrons. The van der Waals surface area contributed by atoms with E-state index in [1.165, 1.54) is 5.56 Å². The van der Waals surface area contributed by atoms with Gasteiger partial charge in [-0.05, 0) is 31.5 Å². The summed E-state index contributed by atoms with van der Waals surface area (Å²) in [6.45, 7) is 4.15. The molecule has 0 saturated heterocycles. The maximum Gasteiger partial charge on any atom is 0.144 e. The molecule has 0 fully saturated rings. The molecule has 0 aliphatic carbocycles. The number of pyridine rings is 1. The van der Waals surface area contributed by atoms with Gasteiger partial charge < -0.3 is 20.8 Å². The number of aryl methyl sites for hydroxylation is 2. The van der Waals surface area contributed by atoms with E-state index in [-0.39, 0.29) is 0 Å². The van der Waals surface area contributed by atoms with Crippen molar-refractivity contribution in [1.82, 2.24) is 9.97 Å². The minimum absolute atomic E-state index is 0.658. The van der Waals surface area contributed by atoms with Crippen LogP contribution < -0.4 is 15.8 Å². The van der Waals surface area contributed by atoms with E-state index in [4.69, 9.17) is 10.5 Å². The standard InChI is InChI=1S/C16H18N4O/c1-9-10(2)19-16-12(9)6-11(7-15(16)21-3)20-14-8-18-5-4-13(14)17/h4-8,19-20H,1-3H3,(H2,17,18). The lowest BCUT2D eigenvalue weighted by atomic mass is 10.1. The molecule has 0 bridgehead atoms. The average Bonchev–Trinajstić information content (AvgIpc) is 2.77. The topological polar surface area (TPSA) is 76.0 Å². The summed E-state index contributed by atoms with van der Waals surface area (Å²) >= 11 is 0. The van der Waals surface area contributed by atoms with E-state index in [0.29, 0.717) is 5.69 Å². The summed E-state index contributed by atoms with van der Waals surface area (Å²) in [6, 6.07) is 5.80. The first-order valence-electron chi connectivity index (χ1n) is 6.73. The largest absolute Gasteiger partial charge is 0.494 e. The summed E-state index contributed by atoms with van der Waals surface area (Å²) < 4.78 is 5.49. The zero-order valence-electron chi connectivity index (χ0n) is 12.3. The predicted octanol–water partition coefficient (Wildman–Crippen LogP) is 3.51. The van der Waals surface area contributed by atoms with Crippen LogP contribution in [0.25, 0.3) is 10.9 Å². The lowest BCUT2D eigenvalue weighted by molar-refractivity contribution is 0.419. The van der Waals surface area contributed by atoms with Gasteiger partial charge in [0.05, 0.1) is 30.2 Å². The van der Waals surface area contributed by atoms with Crippen molar-refractivity contribution in [1.29, 1.82) is 0 Å². The lowest BCUT2D eigenvalue weighted by Crippen LogP contribution is -1.97. The van der Waals surface area contributed by atoms with Crippen molar-refractivity contribution in [3.05, 3.63) is 41.9 Å². The number of nitrogens with two attached hydrogens (primary N) is 1. The Morgan fingerprint density at radius 3 is 2.81 bits per heavy atom. The third kappa shape index (κ3) is 2.27. The number of aromatic nitrogens is 2. The molecule has 2 heterocycles.